The van der Waals surface area contributed by atoms with Gasteiger partial charge >= 0.3 is 0 Å². The standard InChI is InChI=1S/C26H31N3O5S/c1-4-29(5-2)25(31)20-8-6-19(7-9-20)23-17-26(12-14-27-15-13-26)34-24-11-10-21(16-22(23)24)35(32,33)28-18(3)30/h6-11,16-17,27H,4-5,12-15H2,1-3H3,(H,28,30). The Morgan fingerprint density at radius 1 is 1.06 bits per heavy atom. The summed E-state index contributed by atoms with van der Waals surface area (Å²) in [6.07, 6.45) is 3.63. The number of piperidine rings is 1. The average molecular weight is 498 g/mol. The maximum Gasteiger partial charge on any atom is 0.264 e. The Morgan fingerprint density at radius 2 is 1.71 bits per heavy atom. The molecule has 2 aliphatic rings. The molecule has 2 aromatic carbocycles. The Labute approximate surface area is 206 Å². The molecule has 1 fully saturated rings. The molecule has 0 unspecified atom stereocenters. The molecule has 0 bridgehead atoms. The highest BCUT2D eigenvalue weighted by Crippen LogP contribution is 2.43. The molecule has 186 valence electrons. The minimum Gasteiger partial charge on any atom is -0.482 e. The number of hydrogen-bond acceptors (Lipinski definition) is 6. The molecule has 0 atom stereocenters. The van der Waals surface area contributed by atoms with E-state index in [9.17, 15) is 18.0 Å². The first-order chi connectivity index (χ1) is 16.7. The van der Waals surface area contributed by atoms with Gasteiger partial charge in [-0.15, -0.1) is 0 Å². The van der Waals surface area contributed by atoms with Crippen LogP contribution in [0.5, 0.6) is 5.75 Å². The van der Waals surface area contributed by atoms with Crippen LogP contribution in [0.25, 0.3) is 5.57 Å². The van der Waals surface area contributed by atoms with Crippen LogP contribution in [0.1, 0.15) is 55.1 Å². The van der Waals surface area contributed by atoms with Gasteiger partial charge < -0.3 is 15.0 Å². The SMILES string of the molecule is CCN(CC)C(=O)c1ccc(C2=CC3(CCNCC3)Oc3ccc(S(=O)(=O)NC(C)=O)cc32)cc1. The van der Waals surface area contributed by atoms with Crippen LogP contribution in [0, 0.1) is 0 Å². The lowest BCUT2D eigenvalue weighted by atomic mass is 9.83. The van der Waals surface area contributed by atoms with Gasteiger partial charge in [0, 0.05) is 44.0 Å². The summed E-state index contributed by atoms with van der Waals surface area (Å²) in [5, 5.41) is 3.35. The number of benzene rings is 2. The summed E-state index contributed by atoms with van der Waals surface area (Å²) in [6, 6.07) is 12.0. The number of carbonyl (C=O) groups is 2. The van der Waals surface area contributed by atoms with Crippen molar-refractivity contribution < 1.29 is 22.7 Å². The molecule has 1 spiro atoms. The Hall–Kier alpha value is -3.17. The lowest BCUT2D eigenvalue weighted by Gasteiger charge is -2.40. The van der Waals surface area contributed by atoms with Gasteiger partial charge in [0.2, 0.25) is 5.91 Å². The predicted octanol–water partition coefficient (Wildman–Crippen LogP) is 2.94. The largest absolute Gasteiger partial charge is 0.482 e. The number of nitrogens with one attached hydrogen (secondary N) is 2. The van der Waals surface area contributed by atoms with Gasteiger partial charge in [0.1, 0.15) is 11.4 Å². The van der Waals surface area contributed by atoms with Crippen molar-refractivity contribution in [1.82, 2.24) is 14.9 Å². The van der Waals surface area contributed by atoms with Crippen LogP contribution < -0.4 is 14.8 Å². The second-order valence-corrected chi connectivity index (χ2v) is 10.5. The molecule has 2 aliphatic heterocycles. The van der Waals surface area contributed by atoms with Gasteiger partial charge in [0.15, 0.2) is 0 Å². The van der Waals surface area contributed by atoms with E-state index in [1.807, 2.05) is 30.7 Å². The van der Waals surface area contributed by atoms with E-state index >= 15 is 0 Å². The van der Waals surface area contributed by atoms with E-state index in [1.54, 1.807) is 23.1 Å². The highest BCUT2D eigenvalue weighted by molar-refractivity contribution is 7.90. The molecule has 4 rings (SSSR count). The van der Waals surface area contributed by atoms with Crippen LogP contribution in [0.4, 0.5) is 0 Å². The minimum absolute atomic E-state index is 0.0180. The van der Waals surface area contributed by atoms with Gasteiger partial charge in [0.05, 0.1) is 4.90 Å². The molecule has 2 amide bonds. The smallest absolute Gasteiger partial charge is 0.264 e. The Balaban J connectivity index is 1.79. The summed E-state index contributed by atoms with van der Waals surface area (Å²) in [4.78, 5) is 25.9. The Bertz CT molecular complexity index is 1260. The number of fused-ring (bicyclic) bond motifs is 1. The lowest BCUT2D eigenvalue weighted by molar-refractivity contribution is -0.117. The fourth-order valence-electron chi connectivity index (χ4n) is 4.63. The molecule has 2 N–H and O–H groups in total. The summed E-state index contributed by atoms with van der Waals surface area (Å²) in [7, 11) is -4.01. The Morgan fingerprint density at radius 3 is 2.31 bits per heavy atom. The number of ether oxygens (including phenoxy) is 1. The van der Waals surface area contributed by atoms with Crippen LogP contribution in [0.3, 0.4) is 0 Å². The maximum atomic E-state index is 12.8. The molecular weight excluding hydrogens is 466 g/mol. The molecular formula is C26H31N3O5S. The fourth-order valence-corrected chi connectivity index (χ4v) is 5.65. The van der Waals surface area contributed by atoms with Crippen molar-refractivity contribution in [2.45, 2.75) is 44.1 Å². The van der Waals surface area contributed by atoms with Crippen molar-refractivity contribution >= 4 is 27.4 Å². The normalized spacial score (nSPS) is 16.6. The van der Waals surface area contributed by atoms with E-state index in [-0.39, 0.29) is 10.8 Å². The van der Waals surface area contributed by atoms with Crippen molar-refractivity contribution in [3.8, 4) is 5.75 Å². The van der Waals surface area contributed by atoms with E-state index in [2.05, 4.69) is 11.4 Å². The molecule has 35 heavy (non-hydrogen) atoms. The zero-order valence-electron chi connectivity index (χ0n) is 20.3. The minimum atomic E-state index is -4.01. The van der Waals surface area contributed by atoms with Crippen molar-refractivity contribution in [2.24, 2.45) is 0 Å². The van der Waals surface area contributed by atoms with Crippen LogP contribution >= 0.6 is 0 Å². The van der Waals surface area contributed by atoms with E-state index in [0.717, 1.165) is 44.0 Å². The maximum absolute atomic E-state index is 12.8. The highest BCUT2D eigenvalue weighted by atomic mass is 32.2. The van der Waals surface area contributed by atoms with Gasteiger partial charge in [-0.05, 0) is 74.5 Å². The van der Waals surface area contributed by atoms with Crippen molar-refractivity contribution in [2.75, 3.05) is 26.2 Å². The van der Waals surface area contributed by atoms with Gasteiger partial charge in [-0.25, -0.2) is 13.1 Å². The van der Waals surface area contributed by atoms with Gasteiger partial charge in [-0.2, -0.15) is 0 Å². The van der Waals surface area contributed by atoms with Crippen LogP contribution in [0.2, 0.25) is 0 Å². The van der Waals surface area contributed by atoms with E-state index in [4.69, 9.17) is 4.74 Å². The monoisotopic (exact) mass is 497 g/mol. The topological polar surface area (TPSA) is 105 Å². The second-order valence-electron chi connectivity index (χ2n) is 8.85. The summed E-state index contributed by atoms with van der Waals surface area (Å²) >= 11 is 0. The lowest BCUT2D eigenvalue weighted by Crippen LogP contribution is -2.46. The molecule has 8 nitrogen and oxygen atoms in total. The molecule has 0 saturated carbocycles. The highest BCUT2D eigenvalue weighted by Gasteiger charge is 2.37. The summed E-state index contributed by atoms with van der Waals surface area (Å²) in [5.74, 6) is -0.0901. The number of nitrogens with zero attached hydrogens (tertiary/aromatic N) is 1. The number of amides is 2. The number of hydrogen-bond donors (Lipinski definition) is 2. The quantitative estimate of drug-likeness (QED) is 0.636. The van der Waals surface area contributed by atoms with E-state index < -0.39 is 21.5 Å². The first-order valence-electron chi connectivity index (χ1n) is 11.9. The van der Waals surface area contributed by atoms with Crippen LogP contribution in [-0.2, 0) is 14.8 Å². The zero-order valence-corrected chi connectivity index (χ0v) is 21.1. The first-order valence-corrected chi connectivity index (χ1v) is 13.4. The number of sulfonamides is 1. The third kappa shape index (κ3) is 5.11. The van der Waals surface area contributed by atoms with Crippen molar-refractivity contribution in [1.29, 1.82) is 0 Å². The fraction of sp³-hybridized carbons (Fsp3) is 0.385. The third-order valence-electron chi connectivity index (χ3n) is 6.49. The van der Waals surface area contributed by atoms with Crippen LogP contribution in [-0.4, -0.2) is 56.9 Å². The molecule has 0 aliphatic carbocycles. The van der Waals surface area contributed by atoms with E-state index in [1.165, 1.54) is 12.1 Å². The average Bonchev–Trinajstić information content (AvgIpc) is 2.84. The van der Waals surface area contributed by atoms with Gasteiger partial charge in [-0.1, -0.05) is 12.1 Å². The van der Waals surface area contributed by atoms with Crippen LogP contribution in [0.15, 0.2) is 53.4 Å². The molecule has 0 radical (unpaired) electrons. The number of carbonyl (C=O) groups excluding carboxylic acids is 2. The summed E-state index contributed by atoms with van der Waals surface area (Å²) in [6.45, 7) is 7.95. The molecule has 9 heteroatoms. The van der Waals surface area contributed by atoms with Gasteiger partial charge in [-0.3, -0.25) is 9.59 Å². The van der Waals surface area contributed by atoms with Crippen molar-refractivity contribution in [3.05, 3.63) is 65.2 Å². The summed E-state index contributed by atoms with van der Waals surface area (Å²) in [5.41, 5.74) is 2.43. The molecule has 0 aromatic heterocycles. The van der Waals surface area contributed by atoms with Gasteiger partial charge in [0.25, 0.3) is 15.9 Å². The van der Waals surface area contributed by atoms with E-state index in [0.29, 0.717) is 30.0 Å². The molecule has 1 saturated heterocycles. The predicted molar refractivity (Wildman–Crippen MR) is 134 cm³/mol. The van der Waals surface area contributed by atoms with Crippen molar-refractivity contribution in [3.63, 3.8) is 0 Å². The number of rotatable bonds is 6. The Kier molecular flexibility index (Phi) is 7.00. The molecule has 2 aromatic rings. The molecule has 2 heterocycles. The summed E-state index contributed by atoms with van der Waals surface area (Å²) < 4.78 is 33.8. The first kappa shape index (κ1) is 24.9. The zero-order chi connectivity index (χ0) is 25.2. The second kappa shape index (κ2) is 9.83. The third-order valence-corrected chi connectivity index (χ3v) is 7.92.